The van der Waals surface area contributed by atoms with E-state index < -0.39 is 17.4 Å². The number of aliphatic hydroxyl groups is 1. The average Bonchev–Trinajstić information content (AvgIpc) is 2.25. The number of benzene rings is 1. The molecule has 0 aliphatic rings. The van der Waals surface area contributed by atoms with E-state index in [2.05, 4.69) is 0 Å². The van der Waals surface area contributed by atoms with Gasteiger partial charge in [-0.3, -0.25) is 0 Å². The zero-order chi connectivity index (χ0) is 13.1. The lowest BCUT2D eigenvalue weighted by Crippen LogP contribution is -2.46. The minimum absolute atomic E-state index is 0.0950. The Bertz CT molecular complexity index is 406. The molecule has 1 unspecified atom stereocenters. The summed E-state index contributed by atoms with van der Waals surface area (Å²) in [7, 11) is 0. The normalized spacial score (nSPS) is 14.1. The lowest BCUT2D eigenvalue weighted by Gasteiger charge is -2.29. The van der Waals surface area contributed by atoms with Gasteiger partial charge in [-0.05, 0) is 32.0 Å². The summed E-state index contributed by atoms with van der Waals surface area (Å²) in [5.74, 6) is -1.69. The van der Waals surface area contributed by atoms with Crippen molar-refractivity contribution < 1.29 is 19.4 Å². The Morgan fingerprint density at radius 1 is 1.53 bits per heavy atom. The molecule has 0 aliphatic heterocycles. The Hall–Kier alpha value is -1.62. The highest BCUT2D eigenvalue weighted by Crippen LogP contribution is 2.18. The third kappa shape index (κ3) is 3.42. The van der Waals surface area contributed by atoms with Crippen LogP contribution >= 0.6 is 0 Å². The lowest BCUT2D eigenvalue weighted by atomic mass is 10.1. The molecule has 94 valence electrons. The van der Waals surface area contributed by atoms with Crippen LogP contribution in [0.5, 0.6) is 0 Å². The fourth-order valence-electron chi connectivity index (χ4n) is 1.50. The van der Waals surface area contributed by atoms with E-state index in [1.54, 1.807) is 17.0 Å². The second kappa shape index (κ2) is 5.14. The van der Waals surface area contributed by atoms with E-state index in [0.29, 0.717) is 12.2 Å². The molecule has 4 nitrogen and oxygen atoms in total. The minimum atomic E-state index is -1.86. The van der Waals surface area contributed by atoms with E-state index in [1.807, 2.05) is 6.92 Å². The molecule has 0 spiro atoms. The summed E-state index contributed by atoms with van der Waals surface area (Å²) < 4.78 is 13.0. The molecule has 1 aromatic rings. The summed E-state index contributed by atoms with van der Waals surface area (Å²) in [5, 5.41) is 18.5. The van der Waals surface area contributed by atoms with Crippen molar-refractivity contribution in [3.05, 3.63) is 30.1 Å². The topological polar surface area (TPSA) is 60.8 Å². The predicted octanol–water partition coefficient (Wildman–Crippen LogP) is 1.49. The first-order chi connectivity index (χ1) is 7.86. The quantitative estimate of drug-likeness (QED) is 0.820. The molecule has 0 aromatic heterocycles. The first-order valence-corrected chi connectivity index (χ1v) is 5.33. The molecule has 0 saturated heterocycles. The van der Waals surface area contributed by atoms with Crippen LogP contribution < -0.4 is 4.90 Å². The molecule has 0 aliphatic carbocycles. The van der Waals surface area contributed by atoms with Crippen molar-refractivity contribution in [3.8, 4) is 0 Å². The third-order valence-corrected chi connectivity index (χ3v) is 2.51. The fourth-order valence-corrected chi connectivity index (χ4v) is 1.50. The molecule has 17 heavy (non-hydrogen) atoms. The molecule has 1 rings (SSSR count). The van der Waals surface area contributed by atoms with Gasteiger partial charge in [0.25, 0.3) is 0 Å². The van der Waals surface area contributed by atoms with Crippen molar-refractivity contribution in [2.75, 3.05) is 18.0 Å². The van der Waals surface area contributed by atoms with Crippen molar-refractivity contribution >= 4 is 11.7 Å². The van der Waals surface area contributed by atoms with Crippen LogP contribution in [0.2, 0.25) is 0 Å². The van der Waals surface area contributed by atoms with Crippen LogP contribution in [0.15, 0.2) is 24.3 Å². The molecule has 1 aromatic carbocycles. The van der Waals surface area contributed by atoms with Crippen LogP contribution in [0.25, 0.3) is 0 Å². The smallest absolute Gasteiger partial charge is 0.337 e. The number of anilines is 1. The van der Waals surface area contributed by atoms with Gasteiger partial charge in [-0.2, -0.15) is 0 Å². The molecular formula is C12H16FNO3. The number of aliphatic carboxylic acids is 1. The van der Waals surface area contributed by atoms with Gasteiger partial charge in [0.1, 0.15) is 5.82 Å². The molecular weight excluding hydrogens is 225 g/mol. The minimum Gasteiger partial charge on any atom is -0.479 e. The number of nitrogens with zero attached hydrogens (tertiary/aromatic N) is 1. The van der Waals surface area contributed by atoms with Crippen molar-refractivity contribution in [1.29, 1.82) is 0 Å². The highest BCUT2D eigenvalue weighted by molar-refractivity contribution is 5.77. The van der Waals surface area contributed by atoms with Gasteiger partial charge in [-0.25, -0.2) is 9.18 Å². The van der Waals surface area contributed by atoms with Gasteiger partial charge in [0, 0.05) is 12.2 Å². The van der Waals surface area contributed by atoms with Crippen molar-refractivity contribution in [3.63, 3.8) is 0 Å². The Balaban J connectivity index is 2.90. The predicted molar refractivity (Wildman–Crippen MR) is 62.5 cm³/mol. The van der Waals surface area contributed by atoms with Gasteiger partial charge >= 0.3 is 5.97 Å². The summed E-state index contributed by atoms with van der Waals surface area (Å²) in [6.07, 6.45) is 0. The number of hydrogen-bond acceptors (Lipinski definition) is 3. The number of carbonyl (C=O) groups is 1. The second-order valence-electron chi connectivity index (χ2n) is 4.07. The Morgan fingerprint density at radius 2 is 2.18 bits per heavy atom. The van der Waals surface area contributed by atoms with Gasteiger partial charge in [0.05, 0.1) is 6.54 Å². The van der Waals surface area contributed by atoms with Gasteiger partial charge in [-0.1, -0.05) is 6.07 Å². The number of halogens is 1. The van der Waals surface area contributed by atoms with Crippen LogP contribution in [-0.2, 0) is 4.79 Å². The average molecular weight is 241 g/mol. The van der Waals surface area contributed by atoms with Crippen molar-refractivity contribution in [1.82, 2.24) is 0 Å². The second-order valence-corrected chi connectivity index (χ2v) is 4.07. The maximum absolute atomic E-state index is 13.0. The fraction of sp³-hybridized carbons (Fsp3) is 0.417. The molecule has 0 fully saturated rings. The summed E-state index contributed by atoms with van der Waals surface area (Å²) in [6.45, 7) is 3.41. The van der Waals surface area contributed by atoms with Gasteiger partial charge in [0.2, 0.25) is 0 Å². The largest absolute Gasteiger partial charge is 0.479 e. The zero-order valence-electron chi connectivity index (χ0n) is 9.85. The van der Waals surface area contributed by atoms with Crippen LogP contribution in [0.4, 0.5) is 10.1 Å². The van der Waals surface area contributed by atoms with Crippen LogP contribution in [-0.4, -0.2) is 34.9 Å². The molecule has 0 radical (unpaired) electrons. The first-order valence-electron chi connectivity index (χ1n) is 5.33. The van der Waals surface area contributed by atoms with Crippen LogP contribution in [0, 0.1) is 5.82 Å². The number of hydrogen-bond donors (Lipinski definition) is 2. The van der Waals surface area contributed by atoms with Crippen LogP contribution in [0.1, 0.15) is 13.8 Å². The van der Waals surface area contributed by atoms with E-state index >= 15 is 0 Å². The molecule has 1 atom stereocenters. The molecule has 0 amide bonds. The molecule has 2 N–H and O–H groups in total. The Labute approximate surface area is 99.3 Å². The maximum atomic E-state index is 13.0. The lowest BCUT2D eigenvalue weighted by molar-refractivity contribution is -0.155. The van der Waals surface area contributed by atoms with Crippen molar-refractivity contribution in [2.24, 2.45) is 0 Å². The summed E-state index contributed by atoms with van der Waals surface area (Å²) in [4.78, 5) is 12.4. The van der Waals surface area contributed by atoms with E-state index in [1.165, 1.54) is 19.1 Å². The van der Waals surface area contributed by atoms with Gasteiger partial charge in [-0.15, -0.1) is 0 Å². The Morgan fingerprint density at radius 3 is 2.65 bits per heavy atom. The summed E-state index contributed by atoms with van der Waals surface area (Å²) in [5.41, 5.74) is -1.31. The third-order valence-electron chi connectivity index (χ3n) is 2.51. The summed E-state index contributed by atoms with van der Waals surface area (Å²) in [6, 6.07) is 5.83. The number of likely N-dealkylation sites (N-methyl/N-ethyl adjacent to an activating group) is 1. The zero-order valence-corrected chi connectivity index (χ0v) is 9.85. The van der Waals surface area contributed by atoms with Gasteiger partial charge in [0.15, 0.2) is 5.60 Å². The molecule has 0 bridgehead atoms. The molecule has 0 saturated carbocycles. The SMILES string of the molecule is CCN(CC(C)(O)C(=O)O)c1cccc(F)c1. The van der Waals surface area contributed by atoms with Gasteiger partial charge < -0.3 is 15.1 Å². The van der Waals surface area contributed by atoms with Crippen LogP contribution in [0.3, 0.4) is 0 Å². The number of carboxylic acid groups (broad SMARTS) is 1. The van der Waals surface area contributed by atoms with E-state index in [9.17, 15) is 14.3 Å². The highest BCUT2D eigenvalue weighted by atomic mass is 19.1. The maximum Gasteiger partial charge on any atom is 0.337 e. The standard InChI is InChI=1S/C12H16FNO3/c1-3-14(8-12(2,17)11(15)16)10-6-4-5-9(13)7-10/h4-7,17H,3,8H2,1-2H3,(H,15,16). The van der Waals surface area contributed by atoms with E-state index in [-0.39, 0.29) is 6.54 Å². The van der Waals surface area contributed by atoms with Crippen molar-refractivity contribution in [2.45, 2.75) is 19.4 Å². The highest BCUT2D eigenvalue weighted by Gasteiger charge is 2.32. The molecule has 5 heteroatoms. The van der Waals surface area contributed by atoms with E-state index in [0.717, 1.165) is 0 Å². The first kappa shape index (κ1) is 13.4. The number of carboxylic acids is 1. The Kier molecular flexibility index (Phi) is 4.07. The molecule has 0 heterocycles. The number of rotatable bonds is 5. The van der Waals surface area contributed by atoms with E-state index in [4.69, 9.17) is 5.11 Å². The monoisotopic (exact) mass is 241 g/mol. The summed E-state index contributed by atoms with van der Waals surface area (Å²) >= 11 is 0.